The van der Waals surface area contributed by atoms with Crippen LogP contribution in [0.4, 0.5) is 11.5 Å². The van der Waals surface area contributed by atoms with Crippen LogP contribution >= 0.6 is 0 Å². The van der Waals surface area contributed by atoms with Crippen molar-refractivity contribution < 1.29 is 13.2 Å². The van der Waals surface area contributed by atoms with E-state index >= 15 is 0 Å². The molecule has 0 unspecified atom stereocenters. The molecule has 3 N–H and O–H groups in total. The minimum atomic E-state index is -3.42. The lowest BCUT2D eigenvalue weighted by Gasteiger charge is -2.34. The lowest BCUT2D eigenvalue weighted by molar-refractivity contribution is 0.102. The van der Waals surface area contributed by atoms with Gasteiger partial charge in [0.2, 0.25) is 10.0 Å². The van der Waals surface area contributed by atoms with Gasteiger partial charge in [0, 0.05) is 61.6 Å². The predicted molar refractivity (Wildman–Crippen MR) is 149 cm³/mol. The van der Waals surface area contributed by atoms with Crippen LogP contribution in [0.2, 0.25) is 0 Å². The third kappa shape index (κ3) is 5.60. The summed E-state index contributed by atoms with van der Waals surface area (Å²) < 4.78 is 29.1. The second-order valence-corrected chi connectivity index (χ2v) is 12.5. The summed E-state index contributed by atoms with van der Waals surface area (Å²) in [5.74, 6) is -0.0584. The largest absolute Gasteiger partial charge is 0.371 e. The lowest BCUT2D eigenvalue weighted by atomic mass is 10.0. The molecule has 0 atom stereocenters. The molecule has 1 saturated heterocycles. The van der Waals surface area contributed by atoms with Crippen molar-refractivity contribution in [2.24, 2.45) is 7.05 Å². The molecule has 3 aromatic heterocycles. The molecule has 0 radical (unpaired) electrons. The number of carbonyl (C=O) groups excluding carboxylic acids is 1. The van der Waals surface area contributed by atoms with Gasteiger partial charge in [-0.3, -0.25) is 9.48 Å². The first-order valence-electron chi connectivity index (χ1n) is 13.2. The normalized spacial score (nSPS) is 16.8. The molecule has 39 heavy (non-hydrogen) atoms. The van der Waals surface area contributed by atoms with Crippen LogP contribution in [0.3, 0.4) is 0 Å². The summed E-state index contributed by atoms with van der Waals surface area (Å²) in [6, 6.07) is 6.75. The Bertz CT molecular complexity index is 1660. The number of aryl methyl sites for hydroxylation is 2. The molecule has 1 aromatic carbocycles. The van der Waals surface area contributed by atoms with Crippen molar-refractivity contribution in [1.29, 1.82) is 0 Å². The summed E-state index contributed by atoms with van der Waals surface area (Å²) in [5.41, 5.74) is 4.00. The number of sulfonamides is 1. The summed E-state index contributed by atoms with van der Waals surface area (Å²) in [5, 5.41) is 16.7. The third-order valence-corrected chi connectivity index (χ3v) is 7.95. The van der Waals surface area contributed by atoms with Crippen LogP contribution in [-0.4, -0.2) is 70.1 Å². The SMILES string of the molecule is Cc1cn2nc(NC(=O)c3ccc(N4CCC(NC5CC5)CC4)c4cn(C)nc34)cc(CNS(C)(=O)=O)c2n1. The van der Waals surface area contributed by atoms with E-state index in [1.165, 1.54) is 12.8 Å². The maximum Gasteiger partial charge on any atom is 0.259 e. The summed E-state index contributed by atoms with van der Waals surface area (Å²) in [6.45, 7) is 3.76. The number of fused-ring (bicyclic) bond motifs is 2. The van der Waals surface area contributed by atoms with Crippen LogP contribution in [0.1, 0.15) is 47.3 Å². The Morgan fingerprint density at radius 2 is 1.82 bits per heavy atom. The van der Waals surface area contributed by atoms with Gasteiger partial charge in [0.15, 0.2) is 11.5 Å². The van der Waals surface area contributed by atoms with Crippen molar-refractivity contribution >= 4 is 44.0 Å². The number of carbonyl (C=O) groups is 1. The average Bonchev–Trinajstić information content (AvgIpc) is 3.47. The number of amides is 1. The Balaban J connectivity index is 1.26. The fourth-order valence-electron chi connectivity index (χ4n) is 5.27. The molecule has 1 saturated carbocycles. The first-order chi connectivity index (χ1) is 18.6. The van der Waals surface area contributed by atoms with E-state index in [4.69, 9.17) is 0 Å². The maximum absolute atomic E-state index is 13.5. The number of nitrogens with one attached hydrogen (secondary N) is 3. The van der Waals surface area contributed by atoms with E-state index in [1.54, 1.807) is 21.5 Å². The van der Waals surface area contributed by atoms with Crippen molar-refractivity contribution in [3.05, 3.63) is 47.4 Å². The fourth-order valence-corrected chi connectivity index (χ4v) is 5.69. The number of imidazole rings is 1. The number of hydrogen-bond acceptors (Lipinski definition) is 8. The van der Waals surface area contributed by atoms with Crippen molar-refractivity contribution in [1.82, 2.24) is 34.4 Å². The summed E-state index contributed by atoms with van der Waals surface area (Å²) in [7, 11) is -1.56. The zero-order chi connectivity index (χ0) is 27.3. The Kier molecular flexibility index (Phi) is 6.52. The number of anilines is 2. The first kappa shape index (κ1) is 25.7. The Labute approximate surface area is 226 Å². The summed E-state index contributed by atoms with van der Waals surface area (Å²) in [6.07, 6.45) is 9.57. The number of hydrogen-bond donors (Lipinski definition) is 3. The minimum Gasteiger partial charge on any atom is -0.371 e. The predicted octanol–water partition coefficient (Wildman–Crippen LogP) is 1.95. The molecule has 2 fully saturated rings. The topological polar surface area (TPSA) is 139 Å². The Morgan fingerprint density at radius 3 is 2.54 bits per heavy atom. The molecular weight excluding hydrogens is 518 g/mol. The second-order valence-electron chi connectivity index (χ2n) is 10.7. The molecule has 1 aliphatic heterocycles. The van der Waals surface area contributed by atoms with Crippen LogP contribution in [0.15, 0.2) is 30.6 Å². The molecule has 206 valence electrons. The highest BCUT2D eigenvalue weighted by Crippen LogP contribution is 2.32. The highest BCUT2D eigenvalue weighted by molar-refractivity contribution is 7.88. The molecule has 0 bridgehead atoms. The molecule has 12 nitrogen and oxygen atoms in total. The fraction of sp³-hybridized carbons (Fsp3) is 0.462. The smallest absolute Gasteiger partial charge is 0.259 e. The van der Waals surface area contributed by atoms with Gasteiger partial charge in [0.05, 0.1) is 23.7 Å². The lowest BCUT2D eigenvalue weighted by Crippen LogP contribution is -2.43. The van der Waals surface area contributed by atoms with Crippen LogP contribution < -0.4 is 20.3 Å². The number of rotatable bonds is 8. The zero-order valence-electron chi connectivity index (χ0n) is 22.3. The number of aromatic nitrogens is 5. The quantitative estimate of drug-likeness (QED) is 0.302. The number of nitrogens with zero attached hydrogens (tertiary/aromatic N) is 6. The van der Waals surface area contributed by atoms with Crippen molar-refractivity contribution in [3.8, 4) is 0 Å². The third-order valence-electron chi connectivity index (χ3n) is 7.29. The van der Waals surface area contributed by atoms with E-state index < -0.39 is 10.0 Å². The van der Waals surface area contributed by atoms with E-state index in [9.17, 15) is 13.2 Å². The van der Waals surface area contributed by atoms with Gasteiger partial charge >= 0.3 is 0 Å². The van der Waals surface area contributed by atoms with E-state index in [1.807, 2.05) is 32.3 Å². The van der Waals surface area contributed by atoms with E-state index in [-0.39, 0.29) is 18.3 Å². The van der Waals surface area contributed by atoms with E-state index in [0.29, 0.717) is 34.4 Å². The number of benzene rings is 1. The monoisotopic (exact) mass is 551 g/mol. The Morgan fingerprint density at radius 1 is 1.08 bits per heavy atom. The zero-order valence-corrected chi connectivity index (χ0v) is 23.1. The van der Waals surface area contributed by atoms with Crippen LogP contribution in [0.5, 0.6) is 0 Å². The van der Waals surface area contributed by atoms with Gasteiger partial charge in [-0.15, -0.1) is 5.10 Å². The van der Waals surface area contributed by atoms with E-state index in [0.717, 1.165) is 49.0 Å². The van der Waals surface area contributed by atoms with E-state index in [2.05, 4.69) is 35.4 Å². The molecule has 1 amide bonds. The Hall–Kier alpha value is -3.55. The molecule has 0 spiro atoms. The van der Waals surface area contributed by atoms with Gasteiger partial charge in [0.25, 0.3) is 5.91 Å². The van der Waals surface area contributed by atoms with Crippen molar-refractivity contribution in [3.63, 3.8) is 0 Å². The molecule has 6 rings (SSSR count). The van der Waals surface area contributed by atoms with Gasteiger partial charge in [0.1, 0.15) is 5.52 Å². The van der Waals surface area contributed by atoms with Gasteiger partial charge in [-0.2, -0.15) is 5.10 Å². The standard InChI is InChI=1S/C26H33N9O3S/c1-16-14-35-25(28-16)17(13-27-39(3,37)38)12-23(31-35)30-26(36)20-6-7-22(21-15-33(2)32-24(20)21)34-10-8-19(9-11-34)29-18-4-5-18/h6-7,12,14-15,18-19,27,29H,4-5,8-11,13H2,1-3H3,(H,30,31,36). The van der Waals surface area contributed by atoms with Gasteiger partial charge in [-0.05, 0) is 50.8 Å². The maximum atomic E-state index is 13.5. The first-order valence-corrected chi connectivity index (χ1v) is 15.1. The second kappa shape index (κ2) is 9.88. The molecule has 1 aliphatic carbocycles. The molecule has 2 aliphatic rings. The summed E-state index contributed by atoms with van der Waals surface area (Å²) >= 11 is 0. The number of piperidine rings is 1. The molecule has 13 heteroatoms. The van der Waals surface area contributed by atoms with Crippen molar-refractivity contribution in [2.75, 3.05) is 29.6 Å². The van der Waals surface area contributed by atoms with Gasteiger partial charge in [-0.25, -0.2) is 22.6 Å². The molecule has 4 aromatic rings. The summed E-state index contributed by atoms with van der Waals surface area (Å²) in [4.78, 5) is 20.3. The van der Waals surface area contributed by atoms with Crippen LogP contribution in [-0.2, 0) is 23.6 Å². The van der Waals surface area contributed by atoms with Crippen LogP contribution in [0.25, 0.3) is 16.6 Å². The van der Waals surface area contributed by atoms with Crippen LogP contribution in [0, 0.1) is 6.92 Å². The molecule has 4 heterocycles. The van der Waals surface area contributed by atoms with Crippen molar-refractivity contribution in [2.45, 2.75) is 51.2 Å². The minimum absolute atomic E-state index is 0.0240. The highest BCUT2D eigenvalue weighted by atomic mass is 32.2. The molecular formula is C26H33N9O3S. The van der Waals surface area contributed by atoms with Gasteiger partial charge in [-0.1, -0.05) is 0 Å². The average molecular weight is 552 g/mol. The highest BCUT2D eigenvalue weighted by Gasteiger charge is 2.28. The van der Waals surface area contributed by atoms with Gasteiger partial charge < -0.3 is 15.5 Å².